The molecule has 42 heavy (non-hydrogen) atoms. The second kappa shape index (κ2) is 15.0. The number of anilines is 1. The number of amides is 1. The molecule has 10 heteroatoms. The maximum atomic E-state index is 13.4. The molecule has 3 aliphatic rings. The summed E-state index contributed by atoms with van der Waals surface area (Å²) in [7, 11) is 0. The van der Waals surface area contributed by atoms with Gasteiger partial charge in [-0.15, -0.1) is 5.10 Å². The van der Waals surface area contributed by atoms with Gasteiger partial charge in [0.05, 0.1) is 24.0 Å². The number of hydrogen-bond donors (Lipinski definition) is 0. The van der Waals surface area contributed by atoms with E-state index >= 15 is 0 Å². The zero-order valence-electron chi connectivity index (χ0n) is 22.2. The Kier molecular flexibility index (Phi) is 11.2. The molecule has 0 N–H and O–H groups in total. The predicted molar refractivity (Wildman–Crippen MR) is 149 cm³/mol. The molecule has 1 aliphatic heterocycles. The SMILES string of the molecule is O=C(/C=C/[C]1[CH][CH][CH][CH]1)c1ccc(OCc2cn(CCN3C(=O)C(=O)c4cc(F)ccc43)nn2)cc1.[CH]1[CH][CH][CH][CH]1.[Fe+2]. The van der Waals surface area contributed by atoms with E-state index in [4.69, 9.17) is 4.74 Å². The first-order valence-corrected chi connectivity index (χ1v) is 12.9. The van der Waals surface area contributed by atoms with E-state index < -0.39 is 17.5 Å². The van der Waals surface area contributed by atoms with Crippen LogP contribution in [0, 0.1) is 69.5 Å². The number of carbonyl (C=O) groups excluding carboxylic acids is 3. The number of aromatic nitrogens is 3. The zero-order valence-corrected chi connectivity index (χ0v) is 23.3. The smallest absolute Gasteiger partial charge is 0.487 e. The molecule has 0 saturated heterocycles. The molecule has 2 aromatic carbocycles. The van der Waals surface area contributed by atoms with Crippen molar-refractivity contribution >= 4 is 23.2 Å². The first kappa shape index (κ1) is 31.3. The quantitative estimate of drug-likeness (QED) is 0.156. The van der Waals surface area contributed by atoms with Crippen LogP contribution in [0.15, 0.2) is 60.8 Å². The van der Waals surface area contributed by atoms with Crippen LogP contribution in [0.25, 0.3) is 0 Å². The van der Waals surface area contributed by atoms with Crippen molar-refractivity contribution in [2.24, 2.45) is 0 Å². The molecule has 3 aromatic rings. The molecule has 2 aliphatic carbocycles. The van der Waals surface area contributed by atoms with Crippen LogP contribution >= 0.6 is 0 Å². The number of nitrogens with zero attached hydrogens (tertiary/aromatic N) is 4. The van der Waals surface area contributed by atoms with Crippen LogP contribution in [0.4, 0.5) is 10.1 Å². The Labute approximate surface area is 255 Å². The van der Waals surface area contributed by atoms with E-state index in [9.17, 15) is 18.8 Å². The molecule has 1 aromatic heterocycles. The summed E-state index contributed by atoms with van der Waals surface area (Å²) >= 11 is 0. The Hall–Kier alpha value is -3.62. The third kappa shape index (κ3) is 8.01. The van der Waals surface area contributed by atoms with Gasteiger partial charge >= 0.3 is 17.1 Å². The number of ether oxygens (including phenoxy) is 1. The summed E-state index contributed by atoms with van der Waals surface area (Å²) in [5.74, 6) is -0.532. The van der Waals surface area contributed by atoms with Crippen LogP contribution in [0.1, 0.15) is 26.4 Å². The van der Waals surface area contributed by atoms with Crippen molar-refractivity contribution in [1.82, 2.24) is 15.0 Å². The van der Waals surface area contributed by atoms with Crippen LogP contribution in [-0.2, 0) is 35.0 Å². The Morgan fingerprint density at radius 1 is 0.905 bits per heavy atom. The average Bonchev–Trinajstić information content (AvgIpc) is 3.82. The molecule has 0 bridgehead atoms. The number of allylic oxidation sites excluding steroid dienone is 2. The van der Waals surface area contributed by atoms with Gasteiger partial charge < -0.3 is 9.64 Å². The minimum atomic E-state index is -0.720. The number of benzene rings is 2. The molecule has 8 nitrogen and oxygen atoms in total. The predicted octanol–water partition coefficient (Wildman–Crippen LogP) is 4.39. The van der Waals surface area contributed by atoms with Gasteiger partial charge in [-0.25, -0.2) is 4.39 Å². The molecule has 210 valence electrons. The van der Waals surface area contributed by atoms with Gasteiger partial charge in [-0.2, -0.15) is 0 Å². The molecular weight excluding hydrogens is 579 g/mol. The van der Waals surface area contributed by atoms with Gasteiger partial charge in [-0.1, -0.05) is 11.3 Å². The molecule has 1 amide bonds. The van der Waals surface area contributed by atoms with E-state index in [1.807, 2.05) is 57.8 Å². The van der Waals surface area contributed by atoms with Crippen molar-refractivity contribution in [3.05, 3.63) is 147 Å². The van der Waals surface area contributed by atoms with Gasteiger partial charge in [-0.05, 0) is 106 Å². The van der Waals surface area contributed by atoms with Crippen molar-refractivity contribution in [1.29, 1.82) is 0 Å². The Balaban J connectivity index is 0.000000612. The fourth-order valence-corrected chi connectivity index (χ4v) is 4.17. The molecule has 6 rings (SSSR count). The second-order valence-electron chi connectivity index (χ2n) is 9.11. The molecule has 0 atom stereocenters. The monoisotopic (exact) mass is 604 g/mol. The van der Waals surface area contributed by atoms with Crippen molar-refractivity contribution in [3.8, 4) is 5.75 Å². The van der Waals surface area contributed by atoms with Gasteiger partial charge in [0.1, 0.15) is 23.9 Å². The fraction of sp³-hybridized carbons (Fsp3) is 0.0938. The summed E-state index contributed by atoms with van der Waals surface area (Å²) in [5.41, 5.74) is 1.58. The summed E-state index contributed by atoms with van der Waals surface area (Å²) in [6, 6.07) is 10.5. The zero-order chi connectivity index (χ0) is 28.6. The van der Waals surface area contributed by atoms with Crippen molar-refractivity contribution in [3.63, 3.8) is 0 Å². The van der Waals surface area contributed by atoms with Crippen LogP contribution < -0.4 is 9.64 Å². The first-order chi connectivity index (χ1) is 20.0. The van der Waals surface area contributed by atoms with Gasteiger partial charge in [0.15, 0.2) is 5.78 Å². The average molecular weight is 604 g/mol. The van der Waals surface area contributed by atoms with Gasteiger partial charge in [0.25, 0.3) is 11.7 Å². The number of carbonyl (C=O) groups is 3. The van der Waals surface area contributed by atoms with Gasteiger partial charge in [-0.3, -0.25) is 19.1 Å². The Morgan fingerprint density at radius 3 is 2.29 bits per heavy atom. The number of ketones is 2. The summed E-state index contributed by atoms with van der Waals surface area (Å²) in [6.45, 7) is 0.633. The standard InChI is InChI=1S/C27H20FN4O4.C5H5.Fe/c28-20-8-11-24-23(15-20)26(34)27(35)32(24)14-13-31-16-21(29-30-31)17-36-22-9-6-19(7-10-22)25(33)12-5-18-3-1-2-4-18;1-2-4-5-3-1;/h1-12,15-16H,13-14,17H2;1-5H;/q;;+2/b12-5+;;. The normalized spacial score (nSPS) is 16.4. The fourth-order valence-electron chi connectivity index (χ4n) is 4.17. The molecule has 0 spiro atoms. The summed E-state index contributed by atoms with van der Waals surface area (Å²) in [5, 5.41) is 8.10. The Morgan fingerprint density at radius 2 is 1.60 bits per heavy atom. The van der Waals surface area contributed by atoms with E-state index in [-0.39, 0.29) is 48.1 Å². The number of halogens is 1. The van der Waals surface area contributed by atoms with Crippen molar-refractivity contribution < 1.29 is 40.6 Å². The minimum Gasteiger partial charge on any atom is -0.487 e. The number of fused-ring (bicyclic) bond motifs is 1. The summed E-state index contributed by atoms with van der Waals surface area (Å²) in [6.07, 6.45) is 22.6. The van der Waals surface area contributed by atoms with E-state index in [0.717, 1.165) is 12.0 Å². The van der Waals surface area contributed by atoms with E-state index in [1.54, 1.807) is 41.2 Å². The Bertz CT molecular complexity index is 1400. The van der Waals surface area contributed by atoms with Crippen LogP contribution in [0.3, 0.4) is 0 Å². The first-order valence-electron chi connectivity index (χ1n) is 12.9. The maximum absolute atomic E-state index is 13.4. The number of Topliss-reactive ketones (excluding diaryl/α,β-unsaturated/α-hetero) is 1. The topological polar surface area (TPSA) is 94.4 Å². The van der Waals surface area contributed by atoms with Crippen LogP contribution in [0.5, 0.6) is 5.75 Å². The van der Waals surface area contributed by atoms with Crippen LogP contribution in [0.2, 0.25) is 0 Å². The van der Waals surface area contributed by atoms with Gasteiger partial charge in [0.2, 0.25) is 0 Å². The summed E-state index contributed by atoms with van der Waals surface area (Å²) < 4.78 is 20.7. The van der Waals surface area contributed by atoms with E-state index in [1.165, 1.54) is 23.1 Å². The van der Waals surface area contributed by atoms with Crippen LogP contribution in [-0.4, -0.2) is 39.0 Å². The molecule has 10 radical (unpaired) electrons. The number of hydrogen-bond acceptors (Lipinski definition) is 6. The van der Waals surface area contributed by atoms with Crippen molar-refractivity contribution in [2.45, 2.75) is 13.2 Å². The molecule has 2 saturated carbocycles. The largest absolute Gasteiger partial charge is 2.00 e. The molecule has 2 heterocycles. The second-order valence-corrected chi connectivity index (χ2v) is 9.11. The van der Waals surface area contributed by atoms with Crippen molar-refractivity contribution in [2.75, 3.05) is 11.4 Å². The van der Waals surface area contributed by atoms with Gasteiger partial charge in [0, 0.05) is 18.0 Å². The van der Waals surface area contributed by atoms with E-state index in [0.29, 0.717) is 22.7 Å². The number of rotatable bonds is 9. The molecule has 2 fully saturated rings. The molecular formula is C32H25FFeN4O4+2. The van der Waals surface area contributed by atoms with E-state index in [2.05, 4.69) is 10.3 Å². The minimum absolute atomic E-state index is 0. The molecule has 0 unspecified atom stereocenters. The maximum Gasteiger partial charge on any atom is 2.00 e. The summed E-state index contributed by atoms with van der Waals surface area (Å²) in [4.78, 5) is 38.0. The third-order valence-corrected chi connectivity index (χ3v) is 6.27. The third-order valence-electron chi connectivity index (χ3n) is 6.27.